The van der Waals surface area contributed by atoms with Crippen molar-refractivity contribution in [3.8, 4) is 0 Å². The van der Waals surface area contributed by atoms with Crippen molar-refractivity contribution in [3.05, 3.63) is 54.6 Å². The van der Waals surface area contributed by atoms with Gasteiger partial charge in [-0.3, -0.25) is 9.78 Å². The molecule has 2 heterocycles. The Bertz CT molecular complexity index is 575. The van der Waals surface area contributed by atoms with Gasteiger partial charge in [0.25, 0.3) is 5.91 Å². The maximum absolute atomic E-state index is 11.2. The number of aromatic nitrogens is 3. The van der Waals surface area contributed by atoms with Crippen molar-refractivity contribution in [2.75, 3.05) is 0 Å². The SMILES string of the molecule is NC(=O)c1cccn2nccccncc12. The molecule has 16 heavy (non-hydrogen) atoms. The first-order chi connectivity index (χ1) is 7.79. The number of pyridine rings is 1. The molecule has 5 heteroatoms. The monoisotopic (exact) mass is 214 g/mol. The molecule has 0 aliphatic rings. The molecule has 2 aromatic heterocycles. The van der Waals surface area contributed by atoms with Gasteiger partial charge in [-0.1, -0.05) is 0 Å². The van der Waals surface area contributed by atoms with E-state index in [0.717, 1.165) is 0 Å². The molecular weight excluding hydrogens is 204 g/mol. The third-order valence-electron chi connectivity index (χ3n) is 2.04. The lowest BCUT2D eigenvalue weighted by Gasteiger charge is -2.00. The number of amides is 1. The molecule has 0 fully saturated rings. The Balaban J connectivity index is 2.88. The second kappa shape index (κ2) is 4.39. The lowest BCUT2D eigenvalue weighted by molar-refractivity contribution is 0.100. The summed E-state index contributed by atoms with van der Waals surface area (Å²) in [6.45, 7) is 0. The molecular formula is C11H10N4O. The van der Waals surface area contributed by atoms with Gasteiger partial charge >= 0.3 is 0 Å². The van der Waals surface area contributed by atoms with Crippen molar-refractivity contribution in [1.82, 2.24) is 14.6 Å². The van der Waals surface area contributed by atoms with Crippen molar-refractivity contribution in [2.45, 2.75) is 0 Å². The van der Waals surface area contributed by atoms with Crippen molar-refractivity contribution >= 4 is 11.4 Å². The summed E-state index contributed by atoms with van der Waals surface area (Å²) >= 11 is 0. The molecule has 0 spiro atoms. The van der Waals surface area contributed by atoms with Gasteiger partial charge in [-0.25, -0.2) is 4.52 Å². The number of nitrogens with two attached hydrogens (primary N) is 1. The third kappa shape index (κ3) is 1.98. The van der Waals surface area contributed by atoms with Crippen LogP contribution >= 0.6 is 0 Å². The molecule has 80 valence electrons. The predicted octanol–water partition coefficient (Wildman–Crippen LogP) is 0.953. The zero-order valence-corrected chi connectivity index (χ0v) is 8.45. The topological polar surface area (TPSA) is 73.3 Å². The molecule has 1 amide bonds. The number of rotatable bonds is 1. The Hall–Kier alpha value is -2.43. The summed E-state index contributed by atoms with van der Waals surface area (Å²) in [5.74, 6) is -0.502. The van der Waals surface area contributed by atoms with E-state index in [-0.39, 0.29) is 0 Å². The van der Waals surface area contributed by atoms with Gasteiger partial charge in [-0.05, 0) is 24.3 Å². The molecule has 2 rings (SSSR count). The minimum atomic E-state index is -0.502. The van der Waals surface area contributed by atoms with Crippen LogP contribution in [0.3, 0.4) is 0 Å². The van der Waals surface area contributed by atoms with E-state index in [1.54, 1.807) is 53.6 Å². The van der Waals surface area contributed by atoms with Crippen LogP contribution in [0, 0.1) is 0 Å². The standard InChI is InChI=1S/C11H10N4O/c12-11(16)9-4-3-7-15-10(9)8-13-5-1-2-6-14-15/h1-8H,(H2,12,16). The highest BCUT2D eigenvalue weighted by molar-refractivity contribution is 5.99. The second-order valence-electron chi connectivity index (χ2n) is 3.09. The lowest BCUT2D eigenvalue weighted by Crippen LogP contribution is -2.12. The van der Waals surface area contributed by atoms with Gasteiger partial charge in [0.1, 0.15) is 0 Å². The number of fused-ring (bicyclic) bond motifs is 1. The van der Waals surface area contributed by atoms with Crippen LogP contribution in [0.2, 0.25) is 0 Å². The normalized spacial score (nSPS) is 9.75. The van der Waals surface area contributed by atoms with Gasteiger partial charge in [0.2, 0.25) is 0 Å². The molecule has 0 aromatic carbocycles. The number of primary amides is 1. The Labute approximate surface area is 91.9 Å². The summed E-state index contributed by atoms with van der Waals surface area (Å²) in [7, 11) is 0. The van der Waals surface area contributed by atoms with E-state index in [2.05, 4.69) is 10.1 Å². The summed E-state index contributed by atoms with van der Waals surface area (Å²) in [6.07, 6.45) is 6.50. The highest BCUT2D eigenvalue weighted by Crippen LogP contribution is 2.05. The number of carbonyl (C=O) groups excluding carboxylic acids is 1. The van der Waals surface area contributed by atoms with Crippen LogP contribution in [0.5, 0.6) is 0 Å². The molecule has 2 aromatic rings. The highest BCUT2D eigenvalue weighted by Gasteiger charge is 2.04. The van der Waals surface area contributed by atoms with Crippen molar-refractivity contribution in [2.24, 2.45) is 5.73 Å². The largest absolute Gasteiger partial charge is 0.366 e. The predicted molar refractivity (Wildman–Crippen MR) is 59.1 cm³/mol. The molecule has 0 unspecified atom stereocenters. The minimum Gasteiger partial charge on any atom is -0.366 e. The number of hydrogen-bond donors (Lipinski definition) is 1. The third-order valence-corrected chi connectivity index (χ3v) is 2.04. The van der Waals surface area contributed by atoms with Crippen molar-refractivity contribution < 1.29 is 4.79 Å². The average Bonchev–Trinajstić information content (AvgIpc) is 2.39. The lowest BCUT2D eigenvalue weighted by atomic mass is 10.2. The summed E-state index contributed by atoms with van der Waals surface area (Å²) < 4.78 is 1.55. The van der Waals surface area contributed by atoms with E-state index in [9.17, 15) is 4.79 Å². The van der Waals surface area contributed by atoms with Crippen LogP contribution in [0.15, 0.2) is 49.1 Å². The van der Waals surface area contributed by atoms with Crippen LogP contribution in [0.25, 0.3) is 5.52 Å². The van der Waals surface area contributed by atoms with E-state index in [1.807, 2.05) is 0 Å². The fraction of sp³-hybridized carbons (Fsp3) is 0. The Morgan fingerprint density at radius 2 is 2.06 bits per heavy atom. The molecule has 0 saturated heterocycles. The van der Waals surface area contributed by atoms with Crippen LogP contribution in [0.4, 0.5) is 0 Å². The zero-order valence-electron chi connectivity index (χ0n) is 8.45. The van der Waals surface area contributed by atoms with Gasteiger partial charge < -0.3 is 5.73 Å². The number of hydrogen-bond acceptors (Lipinski definition) is 3. The van der Waals surface area contributed by atoms with Crippen LogP contribution in [-0.4, -0.2) is 20.5 Å². The average molecular weight is 214 g/mol. The first-order valence-electron chi connectivity index (χ1n) is 4.69. The van der Waals surface area contributed by atoms with E-state index in [1.165, 1.54) is 0 Å². The van der Waals surface area contributed by atoms with Crippen molar-refractivity contribution in [1.29, 1.82) is 0 Å². The maximum atomic E-state index is 11.2. The van der Waals surface area contributed by atoms with Crippen molar-refractivity contribution in [3.63, 3.8) is 0 Å². The van der Waals surface area contributed by atoms with Gasteiger partial charge in [-0.2, -0.15) is 5.10 Å². The van der Waals surface area contributed by atoms with Gasteiger partial charge in [-0.15, -0.1) is 0 Å². The Morgan fingerprint density at radius 1 is 1.25 bits per heavy atom. The summed E-state index contributed by atoms with van der Waals surface area (Å²) in [5, 5.41) is 4.14. The summed E-state index contributed by atoms with van der Waals surface area (Å²) in [6, 6.07) is 6.84. The molecule has 5 nitrogen and oxygen atoms in total. The van der Waals surface area contributed by atoms with Gasteiger partial charge in [0, 0.05) is 18.6 Å². The van der Waals surface area contributed by atoms with E-state index in [4.69, 9.17) is 5.73 Å². The molecule has 0 radical (unpaired) electrons. The van der Waals surface area contributed by atoms with Gasteiger partial charge in [0.05, 0.1) is 17.3 Å². The molecule has 0 atom stereocenters. The smallest absolute Gasteiger partial charge is 0.250 e. The number of carbonyl (C=O) groups is 1. The van der Waals surface area contributed by atoms with Gasteiger partial charge in [0.15, 0.2) is 0 Å². The van der Waals surface area contributed by atoms with Crippen LogP contribution in [0.1, 0.15) is 10.4 Å². The Morgan fingerprint density at radius 3 is 2.88 bits per heavy atom. The van der Waals surface area contributed by atoms with Crippen LogP contribution in [-0.2, 0) is 0 Å². The van der Waals surface area contributed by atoms with E-state index >= 15 is 0 Å². The molecule has 0 aliphatic heterocycles. The molecule has 0 aliphatic carbocycles. The molecule has 0 saturated carbocycles. The number of nitrogens with zero attached hydrogens (tertiary/aromatic N) is 3. The fourth-order valence-electron chi connectivity index (χ4n) is 1.32. The first kappa shape index (κ1) is 10.1. The first-order valence-corrected chi connectivity index (χ1v) is 4.69. The Kier molecular flexibility index (Phi) is 2.77. The second-order valence-corrected chi connectivity index (χ2v) is 3.09. The highest BCUT2D eigenvalue weighted by atomic mass is 16.1. The van der Waals surface area contributed by atoms with E-state index < -0.39 is 5.91 Å². The van der Waals surface area contributed by atoms with E-state index in [0.29, 0.717) is 11.1 Å². The fourth-order valence-corrected chi connectivity index (χ4v) is 1.32. The summed E-state index contributed by atoms with van der Waals surface area (Å²) in [4.78, 5) is 15.3. The molecule has 0 bridgehead atoms. The maximum Gasteiger partial charge on any atom is 0.250 e. The zero-order chi connectivity index (χ0) is 11.4. The minimum absolute atomic E-state index is 0.388. The summed E-state index contributed by atoms with van der Waals surface area (Å²) in [5.41, 5.74) is 6.22. The molecule has 2 N–H and O–H groups in total. The quantitative estimate of drug-likeness (QED) is 0.768. The van der Waals surface area contributed by atoms with Crippen LogP contribution < -0.4 is 5.73 Å².